The van der Waals surface area contributed by atoms with Crippen molar-refractivity contribution in [2.45, 2.75) is 31.6 Å². The smallest absolute Gasteiger partial charge is 0.165 e. The molecular weight excluding hydrogens is 264 g/mol. The van der Waals surface area contributed by atoms with E-state index in [0.717, 1.165) is 29.3 Å². The van der Waals surface area contributed by atoms with Crippen LogP contribution in [0.25, 0.3) is 22.3 Å². The summed E-state index contributed by atoms with van der Waals surface area (Å²) in [6, 6.07) is 0. The molecule has 0 spiro atoms. The first-order chi connectivity index (χ1) is 10.2. The number of rotatable bonds is 2. The predicted molar refractivity (Wildman–Crippen MR) is 80.5 cm³/mol. The van der Waals surface area contributed by atoms with E-state index in [1.165, 1.54) is 12.0 Å². The fourth-order valence-electron chi connectivity index (χ4n) is 3.05. The molecule has 0 unspecified atom stereocenters. The number of pyridine rings is 1. The van der Waals surface area contributed by atoms with Gasteiger partial charge in [-0.2, -0.15) is 5.10 Å². The molecule has 0 bridgehead atoms. The highest BCUT2D eigenvalue weighted by molar-refractivity contribution is 5.92. The minimum Gasteiger partial charge on any atom is -0.383 e. The van der Waals surface area contributed by atoms with E-state index < -0.39 is 0 Å². The Hall–Kier alpha value is -2.50. The van der Waals surface area contributed by atoms with Gasteiger partial charge >= 0.3 is 0 Å². The molecule has 0 saturated heterocycles. The van der Waals surface area contributed by atoms with E-state index in [9.17, 15) is 0 Å². The highest BCUT2D eigenvalue weighted by Crippen LogP contribution is 2.46. The van der Waals surface area contributed by atoms with Crippen molar-refractivity contribution in [3.63, 3.8) is 0 Å². The highest BCUT2D eigenvalue weighted by atomic mass is 15.1. The molecule has 0 atom stereocenters. The Morgan fingerprint density at radius 3 is 2.71 bits per heavy atom. The second-order valence-corrected chi connectivity index (χ2v) is 5.91. The minimum atomic E-state index is 0.154. The Kier molecular flexibility index (Phi) is 2.48. The predicted octanol–water partition coefficient (Wildman–Crippen LogP) is 2.44. The molecule has 1 aliphatic carbocycles. The topological polar surface area (TPSA) is 93.4 Å². The van der Waals surface area contributed by atoms with Crippen molar-refractivity contribution < 1.29 is 0 Å². The van der Waals surface area contributed by atoms with Crippen LogP contribution in [0.1, 0.15) is 31.7 Å². The zero-order chi connectivity index (χ0) is 14.4. The number of nitrogens with zero attached hydrogens (tertiary/aromatic N) is 4. The molecule has 1 saturated carbocycles. The number of hydrogen-bond donors (Lipinski definition) is 2. The van der Waals surface area contributed by atoms with Gasteiger partial charge in [-0.1, -0.05) is 13.3 Å². The van der Waals surface area contributed by atoms with E-state index in [4.69, 9.17) is 5.73 Å². The van der Waals surface area contributed by atoms with Crippen molar-refractivity contribution >= 4 is 16.7 Å². The molecule has 106 valence electrons. The molecule has 0 aliphatic heterocycles. The summed E-state index contributed by atoms with van der Waals surface area (Å²) in [5.41, 5.74) is 9.17. The maximum Gasteiger partial charge on any atom is 0.165 e. The molecule has 6 nitrogen and oxygen atoms in total. The van der Waals surface area contributed by atoms with Crippen molar-refractivity contribution in [2.75, 3.05) is 5.73 Å². The van der Waals surface area contributed by atoms with Crippen LogP contribution in [-0.4, -0.2) is 25.1 Å². The summed E-state index contributed by atoms with van der Waals surface area (Å²) >= 11 is 0. The van der Waals surface area contributed by atoms with Gasteiger partial charge in [0.15, 0.2) is 5.82 Å². The van der Waals surface area contributed by atoms with Gasteiger partial charge in [0, 0.05) is 17.8 Å². The van der Waals surface area contributed by atoms with Crippen molar-refractivity contribution in [3.8, 4) is 11.4 Å². The molecule has 3 heterocycles. The van der Waals surface area contributed by atoms with Crippen LogP contribution in [0, 0.1) is 0 Å². The van der Waals surface area contributed by atoms with Gasteiger partial charge < -0.3 is 5.73 Å². The van der Waals surface area contributed by atoms with Crippen LogP contribution in [0.2, 0.25) is 0 Å². The first-order valence-corrected chi connectivity index (χ1v) is 7.08. The van der Waals surface area contributed by atoms with Crippen molar-refractivity contribution in [2.24, 2.45) is 0 Å². The largest absolute Gasteiger partial charge is 0.383 e. The minimum absolute atomic E-state index is 0.154. The summed E-state index contributed by atoms with van der Waals surface area (Å²) < 4.78 is 0. The van der Waals surface area contributed by atoms with Gasteiger partial charge in [0.25, 0.3) is 0 Å². The van der Waals surface area contributed by atoms with Crippen molar-refractivity contribution in [1.29, 1.82) is 0 Å². The molecular formula is C15H16N6. The Labute approximate surface area is 121 Å². The van der Waals surface area contributed by atoms with Gasteiger partial charge in [-0.25, -0.2) is 9.97 Å². The summed E-state index contributed by atoms with van der Waals surface area (Å²) in [5, 5.41) is 7.63. The lowest BCUT2D eigenvalue weighted by Gasteiger charge is -2.39. The third kappa shape index (κ3) is 1.79. The quantitative estimate of drug-likeness (QED) is 0.752. The summed E-state index contributed by atoms with van der Waals surface area (Å²) in [7, 11) is 0. The summed E-state index contributed by atoms with van der Waals surface area (Å²) in [5.74, 6) is 1.09. The fraction of sp³-hybridized carbons (Fsp3) is 0.333. The third-order valence-corrected chi connectivity index (χ3v) is 4.50. The average Bonchev–Trinajstić information content (AvgIpc) is 2.98. The molecule has 3 N–H and O–H groups in total. The molecule has 4 rings (SSSR count). The van der Waals surface area contributed by atoms with Crippen LogP contribution in [0.3, 0.4) is 0 Å². The SMILES string of the molecule is CC1(c2cncc3nc(-c4cn[nH]c4)nc(N)c23)CCC1. The second kappa shape index (κ2) is 4.25. The lowest BCUT2D eigenvalue weighted by molar-refractivity contribution is 0.274. The molecule has 0 aromatic carbocycles. The average molecular weight is 280 g/mol. The van der Waals surface area contributed by atoms with Gasteiger partial charge in [-0.05, 0) is 23.8 Å². The van der Waals surface area contributed by atoms with Gasteiger partial charge in [-0.3, -0.25) is 10.1 Å². The zero-order valence-corrected chi connectivity index (χ0v) is 11.8. The van der Waals surface area contributed by atoms with E-state index in [1.54, 1.807) is 18.6 Å². The summed E-state index contributed by atoms with van der Waals surface area (Å²) in [6.07, 6.45) is 10.7. The van der Waals surface area contributed by atoms with Crippen LogP contribution >= 0.6 is 0 Å². The van der Waals surface area contributed by atoms with Crippen LogP contribution in [0.15, 0.2) is 24.8 Å². The number of fused-ring (bicyclic) bond motifs is 1. The number of H-pyrrole nitrogens is 1. The zero-order valence-electron chi connectivity index (χ0n) is 11.8. The third-order valence-electron chi connectivity index (χ3n) is 4.50. The summed E-state index contributed by atoms with van der Waals surface area (Å²) in [6.45, 7) is 2.26. The van der Waals surface area contributed by atoms with E-state index in [-0.39, 0.29) is 5.41 Å². The molecule has 1 aliphatic rings. The molecule has 1 fully saturated rings. The van der Waals surface area contributed by atoms with Gasteiger partial charge in [0.2, 0.25) is 0 Å². The van der Waals surface area contributed by atoms with E-state index in [2.05, 4.69) is 32.1 Å². The lowest BCUT2D eigenvalue weighted by Crippen LogP contribution is -2.31. The Balaban J connectivity index is 1.96. The van der Waals surface area contributed by atoms with Crippen molar-refractivity contribution in [1.82, 2.24) is 25.1 Å². The van der Waals surface area contributed by atoms with Crippen LogP contribution in [0.4, 0.5) is 5.82 Å². The van der Waals surface area contributed by atoms with Crippen LogP contribution in [-0.2, 0) is 5.41 Å². The highest BCUT2D eigenvalue weighted by Gasteiger charge is 2.36. The normalized spacial score (nSPS) is 16.8. The Morgan fingerprint density at radius 2 is 2.05 bits per heavy atom. The van der Waals surface area contributed by atoms with Gasteiger partial charge in [-0.15, -0.1) is 0 Å². The Bertz CT molecular complexity index is 804. The van der Waals surface area contributed by atoms with E-state index in [1.807, 2.05) is 6.20 Å². The monoisotopic (exact) mass is 280 g/mol. The maximum absolute atomic E-state index is 6.23. The fourth-order valence-corrected chi connectivity index (χ4v) is 3.05. The standard InChI is InChI=1S/C15H16N6/c1-15(3-2-4-15)10-7-17-8-11-12(10)13(16)21-14(20-11)9-5-18-19-6-9/h5-8H,2-4H2,1H3,(H,18,19)(H2,16,20,21). The van der Waals surface area contributed by atoms with Gasteiger partial charge in [0.1, 0.15) is 5.82 Å². The second-order valence-electron chi connectivity index (χ2n) is 5.91. The van der Waals surface area contributed by atoms with E-state index in [0.29, 0.717) is 11.6 Å². The number of aromatic amines is 1. The van der Waals surface area contributed by atoms with Crippen LogP contribution < -0.4 is 5.73 Å². The molecule has 0 radical (unpaired) electrons. The van der Waals surface area contributed by atoms with Crippen LogP contribution in [0.5, 0.6) is 0 Å². The first-order valence-electron chi connectivity index (χ1n) is 7.08. The van der Waals surface area contributed by atoms with E-state index >= 15 is 0 Å². The number of aromatic nitrogens is 5. The lowest BCUT2D eigenvalue weighted by atomic mass is 9.65. The number of hydrogen-bond acceptors (Lipinski definition) is 5. The number of nitrogens with two attached hydrogens (primary N) is 1. The maximum atomic E-state index is 6.23. The van der Waals surface area contributed by atoms with Crippen molar-refractivity contribution in [3.05, 3.63) is 30.4 Å². The number of nitrogen functional groups attached to an aromatic ring is 1. The summed E-state index contributed by atoms with van der Waals surface area (Å²) in [4.78, 5) is 13.4. The Morgan fingerprint density at radius 1 is 1.19 bits per heavy atom. The number of nitrogens with one attached hydrogen (secondary N) is 1. The molecule has 21 heavy (non-hydrogen) atoms. The molecule has 6 heteroatoms. The molecule has 3 aromatic heterocycles. The molecule has 3 aromatic rings. The van der Waals surface area contributed by atoms with Gasteiger partial charge in [0.05, 0.1) is 23.5 Å². The first kappa shape index (κ1) is 12.3. The number of anilines is 1. The molecule has 0 amide bonds.